The summed E-state index contributed by atoms with van der Waals surface area (Å²) in [5.74, 6) is 0. The fourth-order valence-corrected chi connectivity index (χ4v) is 11.1. The molecule has 11 aromatic carbocycles. The lowest BCUT2D eigenvalue weighted by atomic mass is 9.70. The van der Waals surface area contributed by atoms with Gasteiger partial charge in [-0.1, -0.05) is 206 Å². The van der Waals surface area contributed by atoms with Gasteiger partial charge < -0.3 is 4.90 Å². The van der Waals surface area contributed by atoms with E-state index < -0.39 is 5.41 Å². The van der Waals surface area contributed by atoms with E-state index in [0.717, 1.165) is 17.1 Å². The number of anilines is 3. The Bertz CT molecular complexity index is 3500. The van der Waals surface area contributed by atoms with Gasteiger partial charge in [0.25, 0.3) is 0 Å². The Hall–Kier alpha value is -8.00. The number of benzene rings is 11. The largest absolute Gasteiger partial charge is 0.309 e. The highest BCUT2D eigenvalue weighted by Crippen LogP contribution is 2.64. The number of hydrogen-bond donors (Lipinski definition) is 0. The van der Waals surface area contributed by atoms with E-state index in [1.165, 1.54) is 99.1 Å². The van der Waals surface area contributed by atoms with Gasteiger partial charge in [0.2, 0.25) is 0 Å². The van der Waals surface area contributed by atoms with Crippen LogP contribution in [0.15, 0.2) is 237 Å². The third kappa shape index (κ3) is 4.85. The van der Waals surface area contributed by atoms with E-state index in [4.69, 9.17) is 0 Å². The molecule has 1 spiro atoms. The molecular formula is C61H39N. The van der Waals surface area contributed by atoms with Crippen LogP contribution in [0.25, 0.3) is 76.8 Å². The van der Waals surface area contributed by atoms with Gasteiger partial charge in [-0.05, 0) is 118 Å². The van der Waals surface area contributed by atoms with Crippen LogP contribution in [0.1, 0.15) is 22.3 Å². The van der Waals surface area contributed by atoms with Gasteiger partial charge in [0, 0.05) is 16.8 Å². The summed E-state index contributed by atoms with van der Waals surface area (Å²) in [6, 6.07) is 87.8. The van der Waals surface area contributed by atoms with Crippen molar-refractivity contribution in [2.45, 2.75) is 5.41 Å². The van der Waals surface area contributed by atoms with Crippen molar-refractivity contribution in [3.05, 3.63) is 259 Å². The van der Waals surface area contributed by atoms with E-state index in [2.05, 4.69) is 241 Å². The van der Waals surface area contributed by atoms with Crippen molar-refractivity contribution in [3.8, 4) is 44.5 Å². The van der Waals surface area contributed by atoms with Gasteiger partial charge >= 0.3 is 0 Å². The van der Waals surface area contributed by atoms with Gasteiger partial charge in [-0.2, -0.15) is 0 Å². The maximum Gasteiger partial charge on any atom is 0.0726 e. The Kier molecular flexibility index (Phi) is 7.59. The Labute approximate surface area is 361 Å². The van der Waals surface area contributed by atoms with E-state index in [-0.39, 0.29) is 0 Å². The van der Waals surface area contributed by atoms with E-state index in [1.54, 1.807) is 0 Å². The summed E-state index contributed by atoms with van der Waals surface area (Å²) in [4.78, 5) is 2.51. The van der Waals surface area contributed by atoms with Gasteiger partial charge in [0.05, 0.1) is 16.8 Å². The maximum absolute atomic E-state index is 2.51. The Morgan fingerprint density at radius 2 is 0.710 bits per heavy atom. The summed E-state index contributed by atoms with van der Waals surface area (Å²) < 4.78 is 0. The van der Waals surface area contributed by atoms with E-state index in [0.29, 0.717) is 0 Å². The van der Waals surface area contributed by atoms with Crippen molar-refractivity contribution in [3.63, 3.8) is 0 Å². The minimum Gasteiger partial charge on any atom is -0.309 e. The number of fused-ring (bicyclic) bond motifs is 16. The summed E-state index contributed by atoms with van der Waals surface area (Å²) in [6.45, 7) is 0. The van der Waals surface area contributed by atoms with Crippen LogP contribution in [0.3, 0.4) is 0 Å². The molecule has 1 nitrogen and oxygen atoms in total. The molecule has 0 unspecified atom stereocenters. The molecule has 0 radical (unpaired) electrons. The SMILES string of the molecule is c1ccc(-c2ccccc2N(c2ccc(-c3ccc4c5ccccc5c5ccccc5c4c3)cc2)c2cccc3c2-c2ccccc2C32c3ccccc3-c3ccccc32)cc1. The smallest absolute Gasteiger partial charge is 0.0726 e. The first kappa shape index (κ1) is 34.8. The molecule has 0 heterocycles. The fourth-order valence-electron chi connectivity index (χ4n) is 11.1. The van der Waals surface area contributed by atoms with Crippen LogP contribution in [0.4, 0.5) is 17.1 Å². The van der Waals surface area contributed by atoms with Crippen LogP contribution in [0.5, 0.6) is 0 Å². The minimum absolute atomic E-state index is 0.435. The third-order valence-corrected chi connectivity index (χ3v) is 13.7. The second-order valence-corrected chi connectivity index (χ2v) is 16.7. The predicted molar refractivity (Wildman–Crippen MR) is 261 cm³/mol. The summed E-state index contributed by atoms with van der Waals surface area (Å²) >= 11 is 0. The maximum atomic E-state index is 2.51. The molecule has 0 saturated heterocycles. The molecule has 2 aliphatic rings. The molecule has 0 fully saturated rings. The van der Waals surface area contributed by atoms with Crippen LogP contribution < -0.4 is 4.90 Å². The molecule has 0 atom stereocenters. The van der Waals surface area contributed by atoms with Crippen molar-refractivity contribution >= 4 is 49.4 Å². The van der Waals surface area contributed by atoms with Crippen LogP contribution in [0.2, 0.25) is 0 Å². The zero-order valence-corrected chi connectivity index (χ0v) is 34.0. The molecule has 11 aromatic rings. The molecule has 62 heavy (non-hydrogen) atoms. The second-order valence-electron chi connectivity index (χ2n) is 16.7. The van der Waals surface area contributed by atoms with Gasteiger partial charge in [-0.3, -0.25) is 0 Å². The molecule has 0 amide bonds. The van der Waals surface area contributed by atoms with Crippen molar-refractivity contribution < 1.29 is 0 Å². The zero-order valence-electron chi connectivity index (χ0n) is 34.0. The molecule has 2 aliphatic carbocycles. The quantitative estimate of drug-likeness (QED) is 0.157. The van der Waals surface area contributed by atoms with Crippen molar-refractivity contribution in [1.29, 1.82) is 0 Å². The molecule has 288 valence electrons. The van der Waals surface area contributed by atoms with Crippen molar-refractivity contribution in [2.24, 2.45) is 0 Å². The highest BCUT2D eigenvalue weighted by Gasteiger charge is 2.52. The summed E-state index contributed by atoms with van der Waals surface area (Å²) in [5, 5.41) is 7.73. The number of para-hydroxylation sites is 1. The van der Waals surface area contributed by atoms with Crippen molar-refractivity contribution in [1.82, 2.24) is 0 Å². The summed E-state index contributed by atoms with van der Waals surface area (Å²) in [6.07, 6.45) is 0. The molecule has 0 bridgehead atoms. The van der Waals surface area contributed by atoms with Gasteiger partial charge in [-0.25, -0.2) is 0 Å². The van der Waals surface area contributed by atoms with E-state index in [9.17, 15) is 0 Å². The lowest BCUT2D eigenvalue weighted by Crippen LogP contribution is -2.26. The average molecular weight is 786 g/mol. The Morgan fingerprint density at radius 3 is 1.35 bits per heavy atom. The third-order valence-electron chi connectivity index (χ3n) is 13.7. The standard InChI is InChI=1S/C61H39N/c1-2-17-41(18-3-1)44-19-11-15-31-58(44)62(43-36-33-40(34-37-43)42-35-38-49-47-22-5-4-20-45(47)46-21-6-7-23-48(46)53(49)39-42)59-32-16-30-57-60(59)52-26-10-14-29-56(52)61(57)54-27-12-8-24-50(54)51-25-9-13-28-55(51)61/h1-39H. The van der Waals surface area contributed by atoms with Crippen LogP contribution in [-0.4, -0.2) is 0 Å². The molecule has 0 saturated carbocycles. The van der Waals surface area contributed by atoms with Crippen molar-refractivity contribution in [2.75, 3.05) is 4.90 Å². The Balaban J connectivity index is 1.04. The summed E-state index contributed by atoms with van der Waals surface area (Å²) in [5.41, 5.74) is 18.3. The normalized spacial score (nSPS) is 13.0. The van der Waals surface area contributed by atoms with Gasteiger partial charge in [0.1, 0.15) is 0 Å². The monoisotopic (exact) mass is 785 g/mol. The van der Waals surface area contributed by atoms with Crippen LogP contribution >= 0.6 is 0 Å². The number of hydrogen-bond acceptors (Lipinski definition) is 1. The number of rotatable bonds is 5. The molecule has 0 aromatic heterocycles. The fraction of sp³-hybridized carbons (Fsp3) is 0.0164. The van der Waals surface area contributed by atoms with E-state index >= 15 is 0 Å². The van der Waals surface area contributed by atoms with Crippen LogP contribution in [0, 0.1) is 0 Å². The molecular weight excluding hydrogens is 747 g/mol. The van der Waals surface area contributed by atoms with Gasteiger partial charge in [0.15, 0.2) is 0 Å². The Morgan fingerprint density at radius 1 is 0.258 bits per heavy atom. The zero-order chi connectivity index (χ0) is 40.8. The first-order chi connectivity index (χ1) is 30.8. The topological polar surface area (TPSA) is 3.24 Å². The molecule has 0 N–H and O–H groups in total. The second kappa shape index (κ2) is 13.5. The lowest BCUT2D eigenvalue weighted by molar-refractivity contribution is 0.794. The molecule has 1 heteroatoms. The highest BCUT2D eigenvalue weighted by molar-refractivity contribution is 6.25. The lowest BCUT2D eigenvalue weighted by Gasteiger charge is -2.32. The first-order valence-electron chi connectivity index (χ1n) is 21.6. The number of nitrogens with zero attached hydrogens (tertiary/aromatic N) is 1. The average Bonchev–Trinajstić information content (AvgIpc) is 3.83. The van der Waals surface area contributed by atoms with Crippen LogP contribution in [-0.2, 0) is 5.41 Å². The minimum atomic E-state index is -0.435. The van der Waals surface area contributed by atoms with E-state index in [1.807, 2.05) is 0 Å². The summed E-state index contributed by atoms with van der Waals surface area (Å²) in [7, 11) is 0. The predicted octanol–water partition coefficient (Wildman–Crippen LogP) is 16.3. The van der Waals surface area contributed by atoms with Gasteiger partial charge in [-0.15, -0.1) is 0 Å². The molecule has 13 rings (SSSR count). The highest BCUT2D eigenvalue weighted by atomic mass is 15.1. The molecule has 0 aliphatic heterocycles. The first-order valence-corrected chi connectivity index (χ1v) is 21.6.